The smallest absolute Gasteiger partial charge is 0.239 e. The van der Waals surface area contributed by atoms with Crippen molar-refractivity contribution in [3.05, 3.63) is 0 Å². The normalized spacial score (nSPS) is 32.0. The number of piperidine rings is 2. The van der Waals surface area contributed by atoms with E-state index in [0.29, 0.717) is 23.7 Å². The second-order valence-corrected chi connectivity index (χ2v) is 7.48. The van der Waals surface area contributed by atoms with Gasteiger partial charge in [0.05, 0.1) is 12.1 Å². The highest BCUT2D eigenvalue weighted by Gasteiger charge is 2.33. The highest BCUT2D eigenvalue weighted by molar-refractivity contribution is 5.81. The van der Waals surface area contributed by atoms with Crippen molar-refractivity contribution in [1.82, 2.24) is 9.80 Å². The Labute approximate surface area is 129 Å². The van der Waals surface area contributed by atoms with Gasteiger partial charge in [-0.2, -0.15) is 0 Å². The van der Waals surface area contributed by atoms with Crippen LogP contribution >= 0.6 is 0 Å². The van der Waals surface area contributed by atoms with Crippen molar-refractivity contribution in [2.75, 3.05) is 26.2 Å². The summed E-state index contributed by atoms with van der Waals surface area (Å²) in [4.78, 5) is 17.1. The molecule has 4 unspecified atom stereocenters. The lowest BCUT2D eigenvalue weighted by atomic mass is 9.90. The van der Waals surface area contributed by atoms with Crippen LogP contribution < -0.4 is 0 Å². The number of amides is 1. The van der Waals surface area contributed by atoms with Crippen LogP contribution in [0.2, 0.25) is 0 Å². The fourth-order valence-electron chi connectivity index (χ4n) is 4.05. The predicted molar refractivity (Wildman–Crippen MR) is 85.0 cm³/mol. The number of carbonyl (C=O) groups is 1. The van der Waals surface area contributed by atoms with Crippen LogP contribution in [-0.2, 0) is 4.79 Å². The minimum absolute atomic E-state index is 0.0163. The lowest BCUT2D eigenvalue weighted by Gasteiger charge is -2.41. The second-order valence-electron chi connectivity index (χ2n) is 7.48. The molecule has 1 amide bonds. The van der Waals surface area contributed by atoms with Crippen LogP contribution in [0.3, 0.4) is 0 Å². The number of carbonyl (C=O) groups excluding carboxylic acids is 1. The Morgan fingerprint density at radius 2 is 1.62 bits per heavy atom. The van der Waals surface area contributed by atoms with Gasteiger partial charge in [0, 0.05) is 13.1 Å². The van der Waals surface area contributed by atoms with Gasteiger partial charge in [-0.05, 0) is 64.0 Å². The van der Waals surface area contributed by atoms with Crippen molar-refractivity contribution >= 4 is 5.91 Å². The van der Waals surface area contributed by atoms with Gasteiger partial charge < -0.3 is 10.0 Å². The molecule has 2 fully saturated rings. The third-order valence-corrected chi connectivity index (χ3v) is 5.34. The Bertz CT molecular complexity index is 341. The van der Waals surface area contributed by atoms with Crippen molar-refractivity contribution < 1.29 is 9.90 Å². The van der Waals surface area contributed by atoms with E-state index in [1.807, 2.05) is 6.92 Å². The average molecular weight is 296 g/mol. The molecule has 2 rings (SSSR count). The topological polar surface area (TPSA) is 43.8 Å². The molecule has 2 heterocycles. The summed E-state index contributed by atoms with van der Waals surface area (Å²) < 4.78 is 0. The third kappa shape index (κ3) is 4.19. The van der Waals surface area contributed by atoms with Crippen LogP contribution in [0, 0.1) is 17.8 Å². The molecule has 0 bridgehead atoms. The molecule has 0 aromatic heterocycles. The Morgan fingerprint density at radius 1 is 1.10 bits per heavy atom. The molecule has 0 radical (unpaired) electrons. The van der Waals surface area contributed by atoms with Gasteiger partial charge in [-0.25, -0.2) is 0 Å². The first-order valence-corrected chi connectivity index (χ1v) is 8.59. The van der Waals surface area contributed by atoms with Gasteiger partial charge in [-0.3, -0.25) is 9.69 Å². The van der Waals surface area contributed by atoms with E-state index in [1.165, 1.54) is 6.42 Å². The molecule has 2 saturated heterocycles. The van der Waals surface area contributed by atoms with Gasteiger partial charge in [-0.1, -0.05) is 13.8 Å². The molecule has 0 spiro atoms. The van der Waals surface area contributed by atoms with Crippen molar-refractivity contribution in [3.8, 4) is 0 Å². The summed E-state index contributed by atoms with van der Waals surface area (Å²) in [5.41, 5.74) is 0. The molecular formula is C17H32N2O2. The van der Waals surface area contributed by atoms with Crippen LogP contribution in [0.5, 0.6) is 0 Å². The van der Waals surface area contributed by atoms with Crippen LogP contribution in [0.4, 0.5) is 0 Å². The fraction of sp³-hybridized carbons (Fsp3) is 0.941. The number of aliphatic hydroxyl groups excluding tert-OH is 1. The SMILES string of the molecule is CC1CC(C)CN(C(=O)C(C)N2CCC(C(C)O)CC2)C1. The maximum absolute atomic E-state index is 12.7. The first-order chi connectivity index (χ1) is 9.88. The Balaban J connectivity index is 1.88. The van der Waals surface area contributed by atoms with E-state index in [9.17, 15) is 9.90 Å². The molecule has 1 N–H and O–H groups in total. The molecule has 0 aromatic rings. The van der Waals surface area contributed by atoms with Crippen LogP contribution in [0.25, 0.3) is 0 Å². The summed E-state index contributed by atoms with van der Waals surface area (Å²) in [5, 5.41) is 9.68. The summed E-state index contributed by atoms with van der Waals surface area (Å²) in [7, 11) is 0. The predicted octanol–water partition coefficient (Wildman–Crippen LogP) is 1.97. The van der Waals surface area contributed by atoms with Crippen LogP contribution in [-0.4, -0.2) is 59.1 Å². The van der Waals surface area contributed by atoms with Gasteiger partial charge in [-0.15, -0.1) is 0 Å². The molecule has 4 nitrogen and oxygen atoms in total. The number of hydrogen-bond acceptors (Lipinski definition) is 3. The van der Waals surface area contributed by atoms with Gasteiger partial charge in [0.25, 0.3) is 0 Å². The van der Waals surface area contributed by atoms with E-state index in [1.54, 1.807) is 0 Å². The standard InChI is InChI=1S/C17H32N2O2/c1-12-9-13(2)11-19(10-12)17(21)14(3)18-7-5-16(6-8-18)15(4)20/h12-16,20H,5-11H2,1-4H3. The summed E-state index contributed by atoms with van der Waals surface area (Å²) in [6.07, 6.45) is 3.02. The summed E-state index contributed by atoms with van der Waals surface area (Å²) in [6.45, 7) is 12.1. The van der Waals surface area contributed by atoms with Crippen LogP contribution in [0.15, 0.2) is 0 Å². The van der Waals surface area contributed by atoms with Crippen molar-refractivity contribution in [1.29, 1.82) is 0 Å². The zero-order chi connectivity index (χ0) is 15.6. The Kier molecular flexibility index (Phi) is 5.67. The molecule has 122 valence electrons. The molecule has 2 aliphatic heterocycles. The molecule has 0 aliphatic carbocycles. The quantitative estimate of drug-likeness (QED) is 0.866. The monoisotopic (exact) mass is 296 g/mol. The third-order valence-electron chi connectivity index (χ3n) is 5.34. The highest BCUT2D eigenvalue weighted by atomic mass is 16.3. The van der Waals surface area contributed by atoms with Gasteiger partial charge in [0.15, 0.2) is 0 Å². The van der Waals surface area contributed by atoms with Crippen LogP contribution in [0.1, 0.15) is 47.0 Å². The van der Waals surface area contributed by atoms with Gasteiger partial charge in [0.1, 0.15) is 0 Å². The largest absolute Gasteiger partial charge is 0.393 e. The first kappa shape index (κ1) is 16.8. The Hall–Kier alpha value is -0.610. The minimum atomic E-state index is -0.220. The lowest BCUT2D eigenvalue weighted by molar-refractivity contribution is -0.139. The van der Waals surface area contributed by atoms with Gasteiger partial charge >= 0.3 is 0 Å². The van der Waals surface area contributed by atoms with Gasteiger partial charge in [0.2, 0.25) is 5.91 Å². The van der Waals surface area contributed by atoms with Crippen molar-refractivity contribution in [2.24, 2.45) is 17.8 Å². The summed E-state index contributed by atoms with van der Waals surface area (Å²) >= 11 is 0. The molecule has 2 aliphatic rings. The molecule has 21 heavy (non-hydrogen) atoms. The molecule has 0 saturated carbocycles. The maximum atomic E-state index is 12.7. The second kappa shape index (κ2) is 7.10. The molecular weight excluding hydrogens is 264 g/mol. The molecule has 0 aromatic carbocycles. The zero-order valence-corrected chi connectivity index (χ0v) is 14.1. The number of nitrogens with zero attached hydrogens (tertiary/aromatic N) is 2. The minimum Gasteiger partial charge on any atom is -0.393 e. The van der Waals surface area contributed by atoms with E-state index in [4.69, 9.17) is 0 Å². The molecule has 4 atom stereocenters. The fourth-order valence-corrected chi connectivity index (χ4v) is 4.05. The van der Waals surface area contributed by atoms with E-state index in [0.717, 1.165) is 39.0 Å². The number of rotatable bonds is 3. The molecule has 4 heteroatoms. The van der Waals surface area contributed by atoms with Crippen molar-refractivity contribution in [3.63, 3.8) is 0 Å². The zero-order valence-electron chi connectivity index (χ0n) is 14.1. The van der Waals surface area contributed by atoms with E-state index in [-0.39, 0.29) is 12.1 Å². The average Bonchev–Trinajstić information content (AvgIpc) is 2.44. The Morgan fingerprint density at radius 3 is 2.10 bits per heavy atom. The first-order valence-electron chi connectivity index (χ1n) is 8.59. The summed E-state index contributed by atoms with van der Waals surface area (Å²) in [5.74, 6) is 1.93. The number of aliphatic hydroxyl groups is 1. The summed E-state index contributed by atoms with van der Waals surface area (Å²) in [6, 6.07) is -0.0163. The number of hydrogen-bond donors (Lipinski definition) is 1. The lowest BCUT2D eigenvalue weighted by Crippen LogP contribution is -2.53. The van der Waals surface area contributed by atoms with E-state index < -0.39 is 0 Å². The van der Waals surface area contributed by atoms with E-state index >= 15 is 0 Å². The van der Waals surface area contributed by atoms with Crippen molar-refractivity contribution in [2.45, 2.75) is 59.1 Å². The number of likely N-dealkylation sites (tertiary alicyclic amines) is 2. The van der Waals surface area contributed by atoms with E-state index in [2.05, 4.69) is 30.6 Å². The maximum Gasteiger partial charge on any atom is 0.239 e. The highest BCUT2D eigenvalue weighted by Crippen LogP contribution is 2.25.